The van der Waals surface area contributed by atoms with E-state index in [1.807, 2.05) is 19.1 Å². The van der Waals surface area contributed by atoms with Gasteiger partial charge in [-0.3, -0.25) is 19.2 Å². The van der Waals surface area contributed by atoms with Crippen molar-refractivity contribution in [2.75, 3.05) is 18.9 Å². The number of benzene rings is 3. The molecule has 0 aliphatic heterocycles. The van der Waals surface area contributed by atoms with Gasteiger partial charge in [0, 0.05) is 23.5 Å². The Morgan fingerprint density at radius 3 is 2.06 bits per heavy atom. The van der Waals surface area contributed by atoms with Crippen LogP contribution < -0.4 is 10.7 Å². The smallest absolute Gasteiger partial charge is 0.326 e. The molecule has 1 aromatic heterocycles. The number of fused-ring (bicyclic) bond motifs is 2. The highest BCUT2D eigenvalue weighted by atomic mass is 16.5. The number of nitrogens with zero attached hydrogens (tertiary/aromatic N) is 2. The fourth-order valence-corrected chi connectivity index (χ4v) is 4.10. The normalized spacial score (nSPS) is 11.8. The third-order valence-corrected chi connectivity index (χ3v) is 5.91. The van der Waals surface area contributed by atoms with Gasteiger partial charge in [0.05, 0.1) is 17.6 Å². The van der Waals surface area contributed by atoms with E-state index in [2.05, 4.69) is 5.32 Å². The molecule has 4 rings (SSSR count). The zero-order chi connectivity index (χ0) is 25.8. The van der Waals surface area contributed by atoms with Crippen LogP contribution in [0.15, 0.2) is 77.6 Å². The number of ether oxygens (including phenoxy) is 1. The van der Waals surface area contributed by atoms with Crippen molar-refractivity contribution in [1.29, 1.82) is 0 Å². The van der Waals surface area contributed by atoms with Crippen molar-refractivity contribution >= 4 is 45.3 Å². The highest BCUT2D eigenvalue weighted by molar-refractivity contribution is 5.96. The first-order valence-electron chi connectivity index (χ1n) is 11.6. The summed E-state index contributed by atoms with van der Waals surface area (Å²) in [6, 6.07) is 21.4. The van der Waals surface area contributed by atoms with E-state index in [9.17, 15) is 19.2 Å². The number of hydrogen-bond acceptors (Lipinski definition) is 5. The monoisotopic (exact) mass is 485 g/mol. The lowest BCUT2D eigenvalue weighted by Gasteiger charge is -2.22. The third kappa shape index (κ3) is 5.27. The second-order valence-electron chi connectivity index (χ2n) is 8.69. The van der Waals surface area contributed by atoms with Crippen LogP contribution in [0.5, 0.6) is 0 Å². The number of hydrogen-bond donors (Lipinski definition) is 1. The molecule has 1 atom stereocenters. The number of nitrogens with one attached hydrogen (secondary N) is 1. The summed E-state index contributed by atoms with van der Waals surface area (Å²) >= 11 is 0. The summed E-state index contributed by atoms with van der Waals surface area (Å²) in [5, 5.41) is 3.72. The summed E-state index contributed by atoms with van der Waals surface area (Å²) < 4.78 is 7.13. The molecule has 1 N–H and O–H groups in total. The minimum atomic E-state index is -1.09. The first-order chi connectivity index (χ1) is 17.2. The van der Waals surface area contributed by atoms with Crippen LogP contribution in [0.2, 0.25) is 0 Å². The second-order valence-corrected chi connectivity index (χ2v) is 8.69. The number of aromatic nitrogens is 1. The first kappa shape index (κ1) is 24.7. The number of pyridine rings is 1. The molecule has 0 aliphatic carbocycles. The van der Waals surface area contributed by atoms with Gasteiger partial charge in [-0.1, -0.05) is 42.0 Å². The van der Waals surface area contributed by atoms with Crippen molar-refractivity contribution in [3.05, 3.63) is 88.6 Å². The Morgan fingerprint density at radius 2 is 1.47 bits per heavy atom. The fourth-order valence-electron chi connectivity index (χ4n) is 4.10. The van der Waals surface area contributed by atoms with E-state index in [1.165, 1.54) is 18.9 Å². The molecule has 0 spiro atoms. The standard InChI is InChI=1S/C28H27N3O5/c1-18-12-14-20(15-13-18)29-25(32)16-30(3)28(35)19(2)36-26(33)17-31-23-10-6-4-8-21(23)27(34)22-9-5-7-11-24(22)31/h4-15,19H,16-17H2,1-3H3,(H,29,32). The van der Waals surface area contributed by atoms with Crippen LogP contribution in [0.3, 0.4) is 0 Å². The van der Waals surface area contributed by atoms with Crippen LogP contribution in [0.4, 0.5) is 5.69 Å². The van der Waals surface area contributed by atoms with Crippen LogP contribution in [-0.4, -0.2) is 46.9 Å². The van der Waals surface area contributed by atoms with Crippen LogP contribution >= 0.6 is 0 Å². The summed E-state index contributed by atoms with van der Waals surface area (Å²) in [6.45, 7) is 3.04. The Kier molecular flexibility index (Phi) is 7.15. The molecule has 36 heavy (non-hydrogen) atoms. The van der Waals surface area contributed by atoms with Crippen molar-refractivity contribution in [1.82, 2.24) is 9.47 Å². The maximum Gasteiger partial charge on any atom is 0.326 e. The van der Waals surface area contributed by atoms with Crippen molar-refractivity contribution in [2.24, 2.45) is 0 Å². The third-order valence-electron chi connectivity index (χ3n) is 5.91. The summed E-state index contributed by atoms with van der Waals surface area (Å²) in [5.41, 5.74) is 2.79. The molecule has 0 bridgehead atoms. The minimum Gasteiger partial charge on any atom is -0.451 e. The first-order valence-corrected chi connectivity index (χ1v) is 11.6. The van der Waals surface area contributed by atoms with Gasteiger partial charge in [-0.2, -0.15) is 0 Å². The SMILES string of the molecule is Cc1ccc(NC(=O)CN(C)C(=O)C(C)OC(=O)Cn2c3ccccc3c(=O)c3ccccc32)cc1. The van der Waals surface area contributed by atoms with E-state index in [1.54, 1.807) is 65.2 Å². The fraction of sp³-hybridized carbons (Fsp3) is 0.214. The molecular formula is C28H27N3O5. The second kappa shape index (κ2) is 10.4. The molecule has 1 heterocycles. The van der Waals surface area contributed by atoms with E-state index in [0.717, 1.165) is 5.56 Å². The Morgan fingerprint density at radius 1 is 0.917 bits per heavy atom. The number of esters is 1. The van der Waals surface area contributed by atoms with Crippen molar-refractivity contribution < 1.29 is 19.1 Å². The van der Waals surface area contributed by atoms with Gasteiger partial charge >= 0.3 is 5.97 Å². The van der Waals surface area contributed by atoms with Gasteiger partial charge in [0.1, 0.15) is 6.54 Å². The predicted octanol–water partition coefficient (Wildman–Crippen LogP) is 3.49. The van der Waals surface area contributed by atoms with Crippen molar-refractivity contribution in [3.8, 4) is 0 Å². The molecule has 184 valence electrons. The van der Waals surface area contributed by atoms with E-state index >= 15 is 0 Å². The number of anilines is 1. The van der Waals surface area contributed by atoms with Gasteiger partial charge in [-0.25, -0.2) is 0 Å². The number of aryl methyl sites for hydroxylation is 1. The number of rotatable bonds is 7. The van der Waals surface area contributed by atoms with Gasteiger partial charge in [0.2, 0.25) is 5.91 Å². The minimum absolute atomic E-state index is 0.111. The summed E-state index contributed by atoms with van der Waals surface area (Å²) in [5.74, 6) is -1.50. The maximum absolute atomic E-state index is 12.9. The zero-order valence-electron chi connectivity index (χ0n) is 20.4. The van der Waals surface area contributed by atoms with Gasteiger partial charge in [-0.15, -0.1) is 0 Å². The topological polar surface area (TPSA) is 97.7 Å². The molecule has 8 nitrogen and oxygen atoms in total. The highest BCUT2D eigenvalue weighted by Crippen LogP contribution is 2.19. The highest BCUT2D eigenvalue weighted by Gasteiger charge is 2.24. The van der Waals surface area contributed by atoms with Crippen LogP contribution in [-0.2, 0) is 25.7 Å². The Labute approximate surface area is 208 Å². The van der Waals surface area contributed by atoms with Crippen LogP contribution in [0, 0.1) is 6.92 Å². The summed E-state index contributed by atoms with van der Waals surface area (Å²) in [4.78, 5) is 52.0. The number of amides is 2. The average Bonchev–Trinajstić information content (AvgIpc) is 2.87. The van der Waals surface area contributed by atoms with Gasteiger partial charge < -0.3 is 19.5 Å². The zero-order valence-corrected chi connectivity index (χ0v) is 20.4. The van der Waals surface area contributed by atoms with E-state index in [0.29, 0.717) is 27.5 Å². The molecule has 3 aromatic carbocycles. The van der Waals surface area contributed by atoms with Gasteiger partial charge in [0.15, 0.2) is 11.5 Å². The molecule has 0 fully saturated rings. The molecule has 2 amide bonds. The molecule has 0 aliphatic rings. The number of carbonyl (C=O) groups excluding carboxylic acids is 3. The Bertz CT molecular complexity index is 1450. The summed E-state index contributed by atoms with van der Waals surface area (Å²) in [6.07, 6.45) is -1.09. The molecule has 1 unspecified atom stereocenters. The molecule has 4 aromatic rings. The van der Waals surface area contributed by atoms with E-state index in [-0.39, 0.29) is 24.4 Å². The number of likely N-dealkylation sites (N-methyl/N-ethyl adjacent to an activating group) is 1. The lowest BCUT2D eigenvalue weighted by Crippen LogP contribution is -2.41. The quantitative estimate of drug-likeness (QED) is 0.319. The lowest BCUT2D eigenvalue weighted by atomic mass is 10.1. The van der Waals surface area contributed by atoms with Crippen LogP contribution in [0.1, 0.15) is 12.5 Å². The maximum atomic E-state index is 12.9. The van der Waals surface area contributed by atoms with Crippen LogP contribution in [0.25, 0.3) is 21.8 Å². The number of para-hydroxylation sites is 2. The average molecular weight is 486 g/mol. The predicted molar refractivity (Wildman–Crippen MR) is 139 cm³/mol. The molecule has 0 saturated carbocycles. The Balaban J connectivity index is 1.44. The van der Waals surface area contributed by atoms with E-state index in [4.69, 9.17) is 4.74 Å². The van der Waals surface area contributed by atoms with Gasteiger partial charge in [0.25, 0.3) is 5.91 Å². The molecule has 0 radical (unpaired) electrons. The van der Waals surface area contributed by atoms with Gasteiger partial charge in [-0.05, 0) is 50.2 Å². The molecule has 8 heteroatoms. The molecular weight excluding hydrogens is 458 g/mol. The molecule has 0 saturated heterocycles. The number of carbonyl (C=O) groups is 3. The van der Waals surface area contributed by atoms with E-state index < -0.39 is 18.0 Å². The summed E-state index contributed by atoms with van der Waals surface area (Å²) in [7, 11) is 1.48. The van der Waals surface area contributed by atoms with Crippen molar-refractivity contribution in [2.45, 2.75) is 26.5 Å². The lowest BCUT2D eigenvalue weighted by molar-refractivity contribution is -0.159. The Hall–Kier alpha value is -4.46. The largest absolute Gasteiger partial charge is 0.451 e. The van der Waals surface area contributed by atoms with Crippen molar-refractivity contribution in [3.63, 3.8) is 0 Å².